The molecule has 1 aromatic carbocycles. The summed E-state index contributed by atoms with van der Waals surface area (Å²) in [6.07, 6.45) is 4.96. The second-order valence-corrected chi connectivity index (χ2v) is 9.12. The average Bonchev–Trinajstić information content (AvgIpc) is 3.18. The van der Waals surface area contributed by atoms with Gasteiger partial charge < -0.3 is 9.64 Å². The number of ether oxygens (including phenoxy) is 1. The molecular formula is C23H28N2O4S2. The highest BCUT2D eigenvalue weighted by molar-refractivity contribution is 8.26. The van der Waals surface area contributed by atoms with E-state index in [2.05, 4.69) is 6.92 Å². The van der Waals surface area contributed by atoms with Gasteiger partial charge >= 0.3 is 5.97 Å². The number of fused-ring (bicyclic) bond motifs is 1. The van der Waals surface area contributed by atoms with Crippen LogP contribution in [0.15, 0.2) is 29.2 Å². The zero-order valence-corrected chi connectivity index (χ0v) is 19.7. The summed E-state index contributed by atoms with van der Waals surface area (Å²) >= 11 is 6.59. The fourth-order valence-electron chi connectivity index (χ4n) is 3.78. The Balaban J connectivity index is 1.79. The van der Waals surface area contributed by atoms with Crippen LogP contribution >= 0.6 is 24.0 Å². The number of thiocarbonyl (C=S) groups is 1. The molecule has 0 spiro atoms. The maximum Gasteiger partial charge on any atom is 0.305 e. The van der Waals surface area contributed by atoms with Gasteiger partial charge in [0.05, 0.1) is 22.8 Å². The molecular weight excluding hydrogens is 432 g/mol. The van der Waals surface area contributed by atoms with Gasteiger partial charge in [0.2, 0.25) is 0 Å². The Morgan fingerprint density at radius 1 is 1.00 bits per heavy atom. The van der Waals surface area contributed by atoms with Crippen LogP contribution in [0.2, 0.25) is 0 Å². The first-order valence-electron chi connectivity index (χ1n) is 10.8. The molecule has 2 aliphatic rings. The van der Waals surface area contributed by atoms with Crippen molar-refractivity contribution in [1.29, 1.82) is 0 Å². The van der Waals surface area contributed by atoms with E-state index in [4.69, 9.17) is 17.0 Å². The molecule has 0 atom stereocenters. The Morgan fingerprint density at radius 2 is 1.74 bits per heavy atom. The van der Waals surface area contributed by atoms with Crippen molar-refractivity contribution >= 4 is 57.3 Å². The number of anilines is 1. The van der Waals surface area contributed by atoms with Crippen molar-refractivity contribution in [3.8, 4) is 0 Å². The Bertz CT molecular complexity index is 913. The molecule has 1 fully saturated rings. The zero-order valence-electron chi connectivity index (χ0n) is 18.0. The number of para-hydroxylation sites is 1. The molecule has 0 unspecified atom stereocenters. The summed E-state index contributed by atoms with van der Waals surface area (Å²) < 4.78 is 5.35. The molecule has 2 heterocycles. The third kappa shape index (κ3) is 5.18. The van der Waals surface area contributed by atoms with Crippen molar-refractivity contribution in [3.63, 3.8) is 0 Å². The van der Waals surface area contributed by atoms with Gasteiger partial charge in [-0.1, -0.05) is 68.4 Å². The summed E-state index contributed by atoms with van der Waals surface area (Å²) in [7, 11) is 0. The first-order valence-corrected chi connectivity index (χ1v) is 12.1. The molecule has 1 aromatic rings. The lowest BCUT2D eigenvalue weighted by Gasteiger charge is -2.17. The maximum atomic E-state index is 13.3. The molecule has 6 nitrogen and oxygen atoms in total. The maximum absolute atomic E-state index is 13.3. The minimum absolute atomic E-state index is 0.135. The Hall–Kier alpha value is -2.19. The van der Waals surface area contributed by atoms with E-state index in [9.17, 15) is 14.4 Å². The molecule has 1 saturated heterocycles. The molecule has 0 radical (unpaired) electrons. The van der Waals surface area contributed by atoms with E-state index in [1.165, 1.54) is 16.7 Å². The Morgan fingerprint density at radius 3 is 2.48 bits per heavy atom. The van der Waals surface area contributed by atoms with Gasteiger partial charge in [-0.25, -0.2) is 0 Å². The van der Waals surface area contributed by atoms with Crippen molar-refractivity contribution < 1.29 is 19.1 Å². The summed E-state index contributed by atoms with van der Waals surface area (Å²) in [5, 5.41) is 0. The molecule has 8 heteroatoms. The first kappa shape index (κ1) is 23.5. The largest absolute Gasteiger partial charge is 0.466 e. The van der Waals surface area contributed by atoms with Crippen molar-refractivity contribution in [2.24, 2.45) is 0 Å². The van der Waals surface area contributed by atoms with Gasteiger partial charge in [0.25, 0.3) is 11.8 Å². The normalized spacial score (nSPS) is 18.2. The van der Waals surface area contributed by atoms with Crippen LogP contribution in [0.1, 0.15) is 57.9 Å². The van der Waals surface area contributed by atoms with Crippen molar-refractivity contribution in [3.05, 3.63) is 34.7 Å². The molecule has 166 valence electrons. The summed E-state index contributed by atoms with van der Waals surface area (Å²) in [4.78, 5) is 41.7. The van der Waals surface area contributed by atoms with E-state index in [0.717, 1.165) is 36.9 Å². The molecule has 0 bridgehead atoms. The van der Waals surface area contributed by atoms with E-state index in [1.54, 1.807) is 11.8 Å². The number of benzene rings is 1. The van der Waals surface area contributed by atoms with Crippen LogP contribution in [0.4, 0.5) is 5.69 Å². The van der Waals surface area contributed by atoms with Gasteiger partial charge in [-0.05, 0) is 25.8 Å². The number of carbonyl (C=O) groups excluding carboxylic acids is 3. The fraction of sp³-hybridized carbons (Fsp3) is 0.478. The number of carbonyl (C=O) groups is 3. The number of nitrogens with zero attached hydrogens (tertiary/aromatic N) is 2. The van der Waals surface area contributed by atoms with E-state index < -0.39 is 0 Å². The first-order chi connectivity index (χ1) is 15.0. The van der Waals surface area contributed by atoms with Crippen LogP contribution in [0.5, 0.6) is 0 Å². The minimum Gasteiger partial charge on any atom is -0.466 e. The molecule has 0 aliphatic carbocycles. The lowest BCUT2D eigenvalue weighted by Crippen LogP contribution is -2.31. The highest BCUT2D eigenvalue weighted by atomic mass is 32.2. The molecule has 3 rings (SSSR count). The summed E-state index contributed by atoms with van der Waals surface area (Å²) in [5.41, 5.74) is 2.08. The number of hydrogen-bond donors (Lipinski definition) is 0. The lowest BCUT2D eigenvalue weighted by atomic mass is 10.1. The molecule has 0 aromatic heterocycles. The standard InChI is InChI=1S/C23H28N2O4S2/c1-3-5-6-9-14-24-17-12-8-7-11-16(17)19(21(24)27)20-22(28)25(23(30)31-20)15-10-13-18(26)29-4-2/h7-8,11-12H,3-6,9-10,13-15H2,1-2H3/b20-19-. The molecule has 0 N–H and O–H groups in total. The molecule has 31 heavy (non-hydrogen) atoms. The van der Waals surface area contributed by atoms with E-state index in [0.29, 0.717) is 40.9 Å². The predicted molar refractivity (Wildman–Crippen MR) is 128 cm³/mol. The third-order valence-electron chi connectivity index (χ3n) is 5.30. The quantitative estimate of drug-likeness (QED) is 0.221. The topological polar surface area (TPSA) is 66.9 Å². The SMILES string of the molecule is CCCCCCN1C(=O)/C(=C2\SC(=S)N(CCCC(=O)OCC)C2=O)c2ccccc21. The number of hydrogen-bond acceptors (Lipinski definition) is 6. The predicted octanol–water partition coefficient (Wildman–Crippen LogP) is 4.53. The van der Waals surface area contributed by atoms with Gasteiger partial charge in [0.15, 0.2) is 0 Å². The summed E-state index contributed by atoms with van der Waals surface area (Å²) in [5.74, 6) is -0.681. The highest BCUT2D eigenvalue weighted by Crippen LogP contribution is 2.44. The van der Waals surface area contributed by atoms with Crippen LogP contribution in [0.3, 0.4) is 0 Å². The van der Waals surface area contributed by atoms with Gasteiger partial charge in [-0.15, -0.1) is 0 Å². The van der Waals surface area contributed by atoms with Gasteiger partial charge in [-0.3, -0.25) is 19.3 Å². The monoisotopic (exact) mass is 460 g/mol. The smallest absolute Gasteiger partial charge is 0.305 e. The lowest BCUT2D eigenvalue weighted by molar-refractivity contribution is -0.143. The molecule has 2 aliphatic heterocycles. The second-order valence-electron chi connectivity index (χ2n) is 7.47. The fourth-order valence-corrected chi connectivity index (χ4v) is 5.16. The number of unbranched alkanes of at least 4 members (excludes halogenated alkanes) is 3. The zero-order chi connectivity index (χ0) is 22.4. The van der Waals surface area contributed by atoms with Crippen LogP contribution in [0.25, 0.3) is 5.57 Å². The van der Waals surface area contributed by atoms with Gasteiger partial charge in [0, 0.05) is 25.1 Å². The number of rotatable bonds is 10. The number of esters is 1. The summed E-state index contributed by atoms with van der Waals surface area (Å²) in [6.45, 7) is 5.22. The van der Waals surface area contributed by atoms with E-state index in [1.807, 2.05) is 24.3 Å². The molecule has 2 amide bonds. The van der Waals surface area contributed by atoms with E-state index in [-0.39, 0.29) is 24.2 Å². The Labute approximate surface area is 193 Å². The van der Waals surface area contributed by atoms with Gasteiger partial charge in [0.1, 0.15) is 4.32 Å². The second kappa shape index (κ2) is 10.9. The van der Waals surface area contributed by atoms with Crippen molar-refractivity contribution in [1.82, 2.24) is 4.90 Å². The minimum atomic E-state index is -0.287. The van der Waals surface area contributed by atoms with Crippen LogP contribution in [-0.4, -0.2) is 46.7 Å². The summed E-state index contributed by atoms with van der Waals surface area (Å²) in [6, 6.07) is 7.61. The van der Waals surface area contributed by atoms with E-state index >= 15 is 0 Å². The van der Waals surface area contributed by atoms with Crippen LogP contribution in [-0.2, 0) is 19.1 Å². The number of thioether (sulfide) groups is 1. The Kier molecular flexibility index (Phi) is 8.26. The molecule has 0 saturated carbocycles. The van der Waals surface area contributed by atoms with Crippen molar-refractivity contribution in [2.45, 2.75) is 52.4 Å². The van der Waals surface area contributed by atoms with Crippen LogP contribution in [0, 0.1) is 0 Å². The number of amides is 2. The average molecular weight is 461 g/mol. The van der Waals surface area contributed by atoms with Crippen molar-refractivity contribution in [2.75, 3.05) is 24.6 Å². The highest BCUT2D eigenvalue weighted by Gasteiger charge is 2.41. The van der Waals surface area contributed by atoms with Gasteiger partial charge in [-0.2, -0.15) is 0 Å². The van der Waals surface area contributed by atoms with Crippen LogP contribution < -0.4 is 4.90 Å². The third-order valence-corrected chi connectivity index (χ3v) is 6.75.